The lowest BCUT2D eigenvalue weighted by Crippen LogP contribution is -2.49. The highest BCUT2D eigenvalue weighted by Crippen LogP contribution is 2.36. The maximum absolute atomic E-state index is 13.6. The van der Waals surface area contributed by atoms with E-state index in [9.17, 15) is 18.4 Å². The Bertz CT molecular complexity index is 1550. The predicted octanol–water partition coefficient (Wildman–Crippen LogP) is 7.36. The minimum Gasteiger partial charge on any atom is -0.481 e. The summed E-state index contributed by atoms with van der Waals surface area (Å²) < 4.78 is 26.7. The maximum Gasteiger partial charge on any atom is 0.303 e. The molecule has 1 aliphatic heterocycles. The highest BCUT2D eigenvalue weighted by Gasteiger charge is 2.35. The van der Waals surface area contributed by atoms with Gasteiger partial charge in [0.05, 0.1) is 0 Å². The Morgan fingerprint density at radius 2 is 1.37 bits per heavy atom. The number of aryl methyl sites for hydroxylation is 4. The largest absolute Gasteiger partial charge is 0.481 e. The van der Waals surface area contributed by atoms with Crippen LogP contribution >= 0.6 is 0 Å². The number of halogens is 2. The fourth-order valence-corrected chi connectivity index (χ4v) is 6.90. The van der Waals surface area contributed by atoms with Gasteiger partial charge in [0.2, 0.25) is 5.91 Å². The summed E-state index contributed by atoms with van der Waals surface area (Å²) >= 11 is 0. The molecule has 2 aromatic heterocycles. The summed E-state index contributed by atoms with van der Waals surface area (Å²) in [4.78, 5) is 32.0. The van der Waals surface area contributed by atoms with E-state index in [1.807, 2.05) is 13.8 Å². The van der Waals surface area contributed by atoms with Gasteiger partial charge in [0, 0.05) is 58.6 Å². The third-order valence-electron chi connectivity index (χ3n) is 8.90. The summed E-state index contributed by atoms with van der Waals surface area (Å²) in [5.74, 6) is -0.370. The standard InChI is InChI=1S/C21H27FN2O.C12H12FNO2/c1-14-17(18-13-16(22)8-10-19(18)23-14)9-11-21(25)24-12-4-6-15-5-2-3-7-20(15)24;1-7-9(3-5-12(15)16)10-6-8(13)2-4-11(10)14-7/h8,10,13,15,20,23H,2-7,9,11-12H2,1H3;2,4,6,14H,3,5H2,1H3,(H,15,16). The lowest BCUT2D eigenvalue weighted by Gasteiger charge is -2.44. The highest BCUT2D eigenvalue weighted by molar-refractivity contribution is 5.86. The Balaban J connectivity index is 0.000000182. The topological polar surface area (TPSA) is 89.2 Å². The van der Waals surface area contributed by atoms with Gasteiger partial charge in [-0.25, -0.2) is 8.78 Å². The number of amides is 1. The summed E-state index contributed by atoms with van der Waals surface area (Å²) in [6.07, 6.45) is 9.15. The van der Waals surface area contributed by atoms with Gasteiger partial charge in [-0.1, -0.05) is 12.8 Å². The lowest BCUT2D eigenvalue weighted by atomic mass is 9.78. The molecule has 0 bridgehead atoms. The van der Waals surface area contributed by atoms with E-state index in [2.05, 4.69) is 14.9 Å². The second-order valence-corrected chi connectivity index (χ2v) is 11.6. The maximum atomic E-state index is 13.6. The van der Waals surface area contributed by atoms with Crippen LogP contribution in [0.5, 0.6) is 0 Å². The van der Waals surface area contributed by atoms with Crippen LogP contribution in [0.2, 0.25) is 0 Å². The first-order valence-corrected chi connectivity index (χ1v) is 14.8. The van der Waals surface area contributed by atoms with Gasteiger partial charge in [-0.15, -0.1) is 0 Å². The molecular weight excluding hydrogens is 524 g/mol. The van der Waals surface area contributed by atoms with Gasteiger partial charge < -0.3 is 20.0 Å². The number of carbonyl (C=O) groups is 2. The molecule has 8 heteroatoms. The van der Waals surface area contributed by atoms with Crippen molar-refractivity contribution in [2.75, 3.05) is 6.54 Å². The van der Waals surface area contributed by atoms with Gasteiger partial charge in [-0.05, 0) is 106 Å². The van der Waals surface area contributed by atoms with Crippen LogP contribution in [0.4, 0.5) is 8.78 Å². The molecular formula is C33H39F2N3O3. The van der Waals surface area contributed by atoms with Crippen LogP contribution < -0.4 is 0 Å². The number of fused-ring (bicyclic) bond motifs is 3. The fraction of sp³-hybridized carbons (Fsp3) is 0.455. The predicted molar refractivity (Wildman–Crippen MR) is 157 cm³/mol. The van der Waals surface area contributed by atoms with Gasteiger partial charge >= 0.3 is 5.97 Å². The van der Waals surface area contributed by atoms with E-state index >= 15 is 0 Å². The lowest BCUT2D eigenvalue weighted by molar-refractivity contribution is -0.138. The van der Waals surface area contributed by atoms with Crippen molar-refractivity contribution >= 4 is 33.7 Å². The summed E-state index contributed by atoms with van der Waals surface area (Å²) in [7, 11) is 0. The normalized spacial score (nSPS) is 18.7. The molecule has 2 fully saturated rings. The summed E-state index contributed by atoms with van der Waals surface area (Å²) in [5.41, 5.74) is 5.72. The van der Waals surface area contributed by atoms with E-state index in [0.717, 1.165) is 63.2 Å². The number of benzene rings is 2. The second-order valence-electron chi connectivity index (χ2n) is 11.6. The van der Waals surface area contributed by atoms with E-state index in [4.69, 9.17) is 5.11 Å². The monoisotopic (exact) mass is 563 g/mol. The number of rotatable bonds is 6. The fourth-order valence-electron chi connectivity index (χ4n) is 6.90. The van der Waals surface area contributed by atoms with Crippen molar-refractivity contribution in [3.63, 3.8) is 0 Å². The number of nitrogens with one attached hydrogen (secondary N) is 2. The van der Waals surface area contributed by atoms with Crippen LogP contribution in [0.3, 0.4) is 0 Å². The van der Waals surface area contributed by atoms with Crippen LogP contribution in [0.15, 0.2) is 36.4 Å². The zero-order valence-corrected chi connectivity index (χ0v) is 23.9. The minimum atomic E-state index is -0.842. The molecule has 0 spiro atoms. The number of nitrogens with zero attached hydrogens (tertiary/aromatic N) is 1. The molecule has 4 aromatic rings. The number of carboxylic acids is 1. The average molecular weight is 564 g/mol. The Labute approximate surface area is 239 Å². The smallest absolute Gasteiger partial charge is 0.303 e. The van der Waals surface area contributed by atoms with Crippen LogP contribution in [0, 0.1) is 31.4 Å². The zero-order chi connectivity index (χ0) is 29.1. The number of aliphatic carboxylic acids is 1. The molecule has 2 aromatic carbocycles. The van der Waals surface area contributed by atoms with Crippen LogP contribution in [0.1, 0.15) is 73.9 Å². The molecule has 2 atom stereocenters. The first kappa shape index (κ1) is 28.8. The summed E-state index contributed by atoms with van der Waals surface area (Å²) in [6, 6.07) is 9.80. The number of carbonyl (C=O) groups excluding carboxylic acids is 1. The number of H-pyrrole nitrogens is 2. The number of likely N-dealkylation sites (tertiary alicyclic amines) is 1. The third kappa shape index (κ3) is 6.47. The Hall–Kier alpha value is -3.68. The molecule has 2 aliphatic rings. The van der Waals surface area contributed by atoms with Gasteiger partial charge in [0.1, 0.15) is 11.6 Å². The van der Waals surface area contributed by atoms with Crippen LogP contribution in [-0.4, -0.2) is 44.4 Å². The van der Waals surface area contributed by atoms with Crippen molar-refractivity contribution in [2.24, 2.45) is 5.92 Å². The molecule has 6 rings (SSSR count). The molecule has 6 nitrogen and oxygen atoms in total. The molecule has 3 heterocycles. The molecule has 218 valence electrons. The molecule has 3 N–H and O–H groups in total. The van der Waals surface area contributed by atoms with Crippen molar-refractivity contribution in [2.45, 2.75) is 84.1 Å². The Kier molecular flexibility index (Phi) is 8.76. The zero-order valence-electron chi connectivity index (χ0n) is 23.9. The quantitative estimate of drug-likeness (QED) is 0.229. The number of aromatic amines is 2. The summed E-state index contributed by atoms with van der Waals surface area (Å²) in [5, 5.41) is 10.3. The first-order chi connectivity index (χ1) is 19.7. The van der Waals surface area contributed by atoms with Crippen molar-refractivity contribution in [3.05, 3.63) is 70.5 Å². The number of carboxylic acid groups (broad SMARTS) is 1. The summed E-state index contributed by atoms with van der Waals surface area (Å²) in [6.45, 7) is 4.80. The van der Waals surface area contributed by atoms with Gasteiger partial charge in [0.25, 0.3) is 0 Å². The van der Waals surface area contributed by atoms with Crippen molar-refractivity contribution in [1.82, 2.24) is 14.9 Å². The number of piperidine rings is 1. The van der Waals surface area contributed by atoms with Crippen molar-refractivity contribution < 1.29 is 23.5 Å². The molecule has 1 aliphatic carbocycles. The number of aromatic nitrogens is 2. The average Bonchev–Trinajstić information content (AvgIpc) is 3.44. The first-order valence-electron chi connectivity index (χ1n) is 14.8. The molecule has 0 radical (unpaired) electrons. The van der Waals surface area contributed by atoms with E-state index in [1.54, 1.807) is 18.2 Å². The number of hydrogen-bond donors (Lipinski definition) is 3. The van der Waals surface area contributed by atoms with Gasteiger partial charge in [0.15, 0.2) is 0 Å². The molecule has 2 unspecified atom stereocenters. The molecule has 1 saturated carbocycles. The van der Waals surface area contributed by atoms with Gasteiger partial charge in [-0.3, -0.25) is 9.59 Å². The Morgan fingerprint density at radius 3 is 1.95 bits per heavy atom. The third-order valence-corrected chi connectivity index (χ3v) is 8.90. The van der Waals surface area contributed by atoms with Crippen molar-refractivity contribution in [3.8, 4) is 0 Å². The van der Waals surface area contributed by atoms with E-state index in [1.165, 1.54) is 50.3 Å². The van der Waals surface area contributed by atoms with Crippen molar-refractivity contribution in [1.29, 1.82) is 0 Å². The van der Waals surface area contributed by atoms with E-state index in [0.29, 0.717) is 25.3 Å². The molecule has 1 amide bonds. The number of hydrogen-bond acceptors (Lipinski definition) is 2. The minimum absolute atomic E-state index is 0.0598. The van der Waals surface area contributed by atoms with E-state index < -0.39 is 5.97 Å². The molecule has 1 saturated heterocycles. The molecule has 41 heavy (non-hydrogen) atoms. The SMILES string of the molecule is Cc1[nH]c2ccc(F)cc2c1CCC(=O)N1CCCC2CCCCC21.Cc1[nH]c2ccc(F)cc2c1CCC(=O)O. The van der Waals surface area contributed by atoms with Gasteiger partial charge in [-0.2, -0.15) is 0 Å². The van der Waals surface area contributed by atoms with Crippen LogP contribution in [-0.2, 0) is 22.4 Å². The van der Waals surface area contributed by atoms with Crippen LogP contribution in [0.25, 0.3) is 21.8 Å². The van der Waals surface area contributed by atoms with E-state index in [-0.39, 0.29) is 24.0 Å². The Morgan fingerprint density at radius 1 is 0.829 bits per heavy atom. The highest BCUT2D eigenvalue weighted by atomic mass is 19.1. The second kappa shape index (κ2) is 12.5.